The number of nitrogens with one attached hydrogen (secondary N) is 2. The summed E-state index contributed by atoms with van der Waals surface area (Å²) in [5, 5.41) is 25.2. The van der Waals surface area contributed by atoms with Crippen LogP contribution >= 0.6 is 0 Å². The molecule has 3 heterocycles. The third kappa shape index (κ3) is 7.65. The number of carboxylic acid groups (broad SMARTS) is 2. The molecule has 0 amide bonds. The van der Waals surface area contributed by atoms with E-state index >= 15 is 0 Å². The fourth-order valence-corrected chi connectivity index (χ4v) is 3.57. The first-order valence-electron chi connectivity index (χ1n) is 10.8. The average Bonchev–Trinajstić information content (AvgIpc) is 2.77. The Morgan fingerprint density at radius 2 is 1.09 bits per heavy atom. The Hall–Kier alpha value is -2.92. The van der Waals surface area contributed by atoms with Crippen molar-refractivity contribution in [3.8, 4) is 0 Å². The fourth-order valence-electron chi connectivity index (χ4n) is 3.57. The Morgan fingerprint density at radius 1 is 0.719 bits per heavy atom. The van der Waals surface area contributed by atoms with Crippen LogP contribution in [0.4, 0.5) is 0 Å². The summed E-state index contributed by atoms with van der Waals surface area (Å²) in [6.45, 7) is 7.71. The zero-order valence-corrected chi connectivity index (χ0v) is 18.0. The third-order valence-corrected chi connectivity index (χ3v) is 5.24. The van der Waals surface area contributed by atoms with E-state index in [0.717, 1.165) is 63.7 Å². The normalized spacial score (nSPS) is 17.2. The van der Waals surface area contributed by atoms with E-state index < -0.39 is 11.9 Å². The summed E-state index contributed by atoms with van der Waals surface area (Å²) >= 11 is 0. The van der Waals surface area contributed by atoms with Crippen LogP contribution < -0.4 is 10.6 Å². The molecule has 32 heavy (non-hydrogen) atoms. The molecule has 172 valence electrons. The van der Waals surface area contributed by atoms with Crippen molar-refractivity contribution >= 4 is 11.9 Å². The van der Waals surface area contributed by atoms with Gasteiger partial charge in [-0.2, -0.15) is 0 Å². The molecule has 1 aliphatic heterocycles. The van der Waals surface area contributed by atoms with Crippen LogP contribution in [0.1, 0.15) is 32.4 Å². The minimum atomic E-state index is -1.02. The third-order valence-electron chi connectivity index (χ3n) is 5.24. The van der Waals surface area contributed by atoms with Gasteiger partial charge in [0, 0.05) is 65.4 Å². The first kappa shape index (κ1) is 23.7. The number of hydrogen-bond donors (Lipinski definition) is 4. The monoisotopic (exact) mass is 442 g/mol. The molecule has 1 aliphatic rings. The maximum absolute atomic E-state index is 11.2. The second kappa shape index (κ2) is 12.2. The van der Waals surface area contributed by atoms with Crippen molar-refractivity contribution in [2.24, 2.45) is 0 Å². The summed E-state index contributed by atoms with van der Waals surface area (Å²) in [4.78, 5) is 35.3. The van der Waals surface area contributed by atoms with E-state index in [1.54, 1.807) is 12.1 Å². The molecule has 3 rings (SSSR count). The minimum Gasteiger partial charge on any atom is -0.477 e. The number of carboxylic acids is 2. The first-order valence-corrected chi connectivity index (χ1v) is 10.8. The van der Waals surface area contributed by atoms with Crippen molar-refractivity contribution in [1.29, 1.82) is 0 Å². The van der Waals surface area contributed by atoms with Crippen LogP contribution in [0.3, 0.4) is 0 Å². The van der Waals surface area contributed by atoms with E-state index in [9.17, 15) is 9.59 Å². The zero-order valence-electron chi connectivity index (χ0n) is 18.0. The van der Waals surface area contributed by atoms with Crippen molar-refractivity contribution in [2.75, 3.05) is 52.4 Å². The minimum absolute atomic E-state index is 0.0663. The van der Waals surface area contributed by atoms with Gasteiger partial charge in [0.25, 0.3) is 0 Å². The van der Waals surface area contributed by atoms with Crippen molar-refractivity contribution < 1.29 is 19.8 Å². The number of aromatic nitrogens is 2. The molecule has 10 nitrogen and oxygen atoms in total. The van der Waals surface area contributed by atoms with Gasteiger partial charge in [-0.1, -0.05) is 12.1 Å². The molecule has 10 heteroatoms. The Bertz CT molecular complexity index is 824. The SMILES string of the molecule is O=C(O)c1cccc(CN2CCNCCN(Cc3cccc(C(=O)O)n3)CCNCC2)n1. The highest BCUT2D eigenvalue weighted by atomic mass is 16.4. The van der Waals surface area contributed by atoms with Crippen molar-refractivity contribution in [3.05, 3.63) is 59.2 Å². The summed E-state index contributed by atoms with van der Waals surface area (Å²) in [7, 11) is 0. The highest BCUT2D eigenvalue weighted by Gasteiger charge is 2.13. The van der Waals surface area contributed by atoms with Gasteiger partial charge in [-0.05, 0) is 24.3 Å². The van der Waals surface area contributed by atoms with E-state index in [1.165, 1.54) is 12.1 Å². The van der Waals surface area contributed by atoms with Gasteiger partial charge in [0.2, 0.25) is 0 Å². The predicted molar refractivity (Wildman–Crippen MR) is 119 cm³/mol. The Balaban J connectivity index is 1.51. The molecule has 0 atom stereocenters. The second-order valence-electron chi connectivity index (χ2n) is 7.69. The molecule has 0 saturated carbocycles. The second-order valence-corrected chi connectivity index (χ2v) is 7.69. The fraction of sp³-hybridized carbons (Fsp3) is 0.455. The molecule has 0 radical (unpaired) electrons. The first-order chi connectivity index (χ1) is 15.5. The molecule has 0 aliphatic carbocycles. The lowest BCUT2D eigenvalue weighted by Crippen LogP contribution is -2.43. The number of aromatic carboxylic acids is 2. The van der Waals surface area contributed by atoms with Crippen LogP contribution in [0, 0.1) is 0 Å². The molecule has 2 aromatic rings. The van der Waals surface area contributed by atoms with Gasteiger partial charge in [0.15, 0.2) is 0 Å². The summed E-state index contributed by atoms with van der Waals surface area (Å²) in [5.41, 5.74) is 1.63. The largest absolute Gasteiger partial charge is 0.477 e. The molecule has 0 aromatic carbocycles. The lowest BCUT2D eigenvalue weighted by molar-refractivity contribution is 0.0679. The molecular formula is C22H30N6O4. The lowest BCUT2D eigenvalue weighted by Gasteiger charge is -2.26. The van der Waals surface area contributed by atoms with E-state index in [2.05, 4.69) is 30.4 Å². The standard InChI is InChI=1S/C22H30N6O4/c29-21(30)19-5-1-3-17(25-19)15-27-11-7-23-9-13-28(14-10-24-8-12-27)16-18-4-2-6-20(26-18)22(31)32/h1-6,23-24H,7-16H2,(H,29,30)(H,31,32). The number of pyridine rings is 2. The van der Waals surface area contributed by atoms with Gasteiger partial charge in [-0.3, -0.25) is 9.80 Å². The summed E-state index contributed by atoms with van der Waals surface area (Å²) < 4.78 is 0. The van der Waals surface area contributed by atoms with E-state index in [-0.39, 0.29) is 11.4 Å². The van der Waals surface area contributed by atoms with Crippen molar-refractivity contribution in [2.45, 2.75) is 13.1 Å². The van der Waals surface area contributed by atoms with Gasteiger partial charge in [0.05, 0.1) is 11.4 Å². The smallest absolute Gasteiger partial charge is 0.354 e. The highest BCUT2D eigenvalue weighted by molar-refractivity contribution is 5.85. The van der Waals surface area contributed by atoms with E-state index in [4.69, 9.17) is 10.2 Å². The van der Waals surface area contributed by atoms with Gasteiger partial charge in [-0.25, -0.2) is 19.6 Å². The molecule has 1 fully saturated rings. The van der Waals surface area contributed by atoms with Crippen LogP contribution in [-0.2, 0) is 13.1 Å². The Labute approximate surface area is 187 Å². The summed E-state index contributed by atoms with van der Waals surface area (Å²) in [5.74, 6) is -2.03. The topological polar surface area (TPSA) is 131 Å². The summed E-state index contributed by atoms with van der Waals surface area (Å²) in [6, 6.07) is 10.2. The zero-order chi connectivity index (χ0) is 22.8. The molecule has 2 aromatic heterocycles. The quantitative estimate of drug-likeness (QED) is 0.498. The van der Waals surface area contributed by atoms with Crippen LogP contribution in [0.25, 0.3) is 0 Å². The Morgan fingerprint density at radius 3 is 1.44 bits per heavy atom. The number of rotatable bonds is 6. The van der Waals surface area contributed by atoms with Gasteiger partial charge >= 0.3 is 11.9 Å². The van der Waals surface area contributed by atoms with Crippen LogP contribution in [-0.4, -0.2) is 94.3 Å². The number of hydrogen-bond acceptors (Lipinski definition) is 8. The summed E-state index contributed by atoms with van der Waals surface area (Å²) in [6.07, 6.45) is 0. The van der Waals surface area contributed by atoms with Gasteiger partial charge in [-0.15, -0.1) is 0 Å². The molecule has 0 bridgehead atoms. The van der Waals surface area contributed by atoms with Crippen molar-refractivity contribution in [1.82, 2.24) is 30.4 Å². The number of nitrogens with zero attached hydrogens (tertiary/aromatic N) is 4. The van der Waals surface area contributed by atoms with Crippen LogP contribution in [0.2, 0.25) is 0 Å². The molecule has 1 saturated heterocycles. The maximum atomic E-state index is 11.2. The predicted octanol–water partition coefficient (Wildman–Crippen LogP) is 0.370. The lowest BCUT2D eigenvalue weighted by atomic mass is 10.2. The van der Waals surface area contributed by atoms with Crippen molar-refractivity contribution in [3.63, 3.8) is 0 Å². The Kier molecular flexibility index (Phi) is 9.05. The average molecular weight is 443 g/mol. The highest BCUT2D eigenvalue weighted by Crippen LogP contribution is 2.06. The van der Waals surface area contributed by atoms with Gasteiger partial charge in [0.1, 0.15) is 11.4 Å². The molecule has 4 N–H and O–H groups in total. The molecule has 0 spiro atoms. The van der Waals surface area contributed by atoms with Crippen LogP contribution in [0.15, 0.2) is 36.4 Å². The molecular weight excluding hydrogens is 412 g/mol. The van der Waals surface area contributed by atoms with Gasteiger partial charge < -0.3 is 20.8 Å². The maximum Gasteiger partial charge on any atom is 0.354 e. The van der Waals surface area contributed by atoms with E-state index in [1.807, 2.05) is 12.1 Å². The number of carbonyl (C=O) groups is 2. The molecule has 0 unspecified atom stereocenters. The van der Waals surface area contributed by atoms with Crippen LogP contribution in [0.5, 0.6) is 0 Å². The van der Waals surface area contributed by atoms with E-state index in [0.29, 0.717) is 13.1 Å².